The van der Waals surface area contributed by atoms with Crippen molar-refractivity contribution in [2.45, 2.75) is 32.2 Å². The van der Waals surface area contributed by atoms with Gasteiger partial charge in [-0.1, -0.05) is 11.6 Å². The number of urea groups is 1. The fraction of sp³-hybridized carbons (Fsp3) is 0.478. The molecule has 0 saturated carbocycles. The van der Waals surface area contributed by atoms with E-state index in [1.807, 2.05) is 25.1 Å². The Kier molecular flexibility index (Phi) is 7.57. The van der Waals surface area contributed by atoms with Crippen molar-refractivity contribution in [1.29, 1.82) is 0 Å². The molecule has 0 aliphatic carbocycles. The summed E-state index contributed by atoms with van der Waals surface area (Å²) in [6.45, 7) is 5.51. The van der Waals surface area contributed by atoms with Crippen molar-refractivity contribution in [2.24, 2.45) is 0 Å². The number of aromatic nitrogens is 1. The number of nitrogens with two attached hydrogens (primary N) is 1. The number of amides is 3. The van der Waals surface area contributed by atoms with Gasteiger partial charge in [-0.25, -0.2) is 9.78 Å². The zero-order chi connectivity index (χ0) is 24.2. The van der Waals surface area contributed by atoms with Crippen LogP contribution >= 0.6 is 23.8 Å². The quantitative estimate of drug-likeness (QED) is 0.552. The number of likely N-dealkylation sites (tertiary alicyclic amines) is 1. The lowest BCUT2D eigenvalue weighted by molar-refractivity contribution is -0.128. The molecule has 0 spiro atoms. The van der Waals surface area contributed by atoms with Crippen LogP contribution in [0.3, 0.4) is 0 Å². The van der Waals surface area contributed by atoms with Crippen molar-refractivity contribution in [3.05, 3.63) is 29.3 Å². The van der Waals surface area contributed by atoms with Gasteiger partial charge in [0.2, 0.25) is 0 Å². The normalized spacial score (nSPS) is 19.2. The Morgan fingerprint density at radius 1 is 1.21 bits per heavy atom. The Bertz CT molecular complexity index is 1090. The monoisotopic (exact) mass is 503 g/mol. The van der Waals surface area contributed by atoms with Crippen molar-refractivity contribution < 1.29 is 9.59 Å². The standard InChI is InChI=1S/C23H30ClN7O2S/c1-2-26-23(34)31-8-4-3-5-17(21(31)32)28-22(33)30-11-9-29(10-12-30)19-14-20(25)27-18-13-15(24)6-7-16(18)19/h6-7,13-14,17H,2-5,8-12H2,1H3,(H2,25,27)(H,26,34)(H,28,33)/t17-/m0/s1. The second-order valence-electron chi connectivity index (χ2n) is 8.53. The molecule has 0 bridgehead atoms. The number of nitrogens with zero attached hydrogens (tertiary/aromatic N) is 4. The van der Waals surface area contributed by atoms with Crippen LogP contribution in [0.15, 0.2) is 24.3 Å². The van der Waals surface area contributed by atoms with E-state index in [0.29, 0.717) is 61.6 Å². The maximum atomic E-state index is 13.0. The summed E-state index contributed by atoms with van der Waals surface area (Å²) >= 11 is 11.5. The average Bonchev–Trinajstić information content (AvgIpc) is 3.00. The molecular weight excluding hydrogens is 474 g/mol. The number of hydrogen-bond donors (Lipinski definition) is 3. The summed E-state index contributed by atoms with van der Waals surface area (Å²) in [5.41, 5.74) is 7.76. The van der Waals surface area contributed by atoms with E-state index in [2.05, 4.69) is 20.5 Å². The van der Waals surface area contributed by atoms with Crippen molar-refractivity contribution in [3.8, 4) is 0 Å². The molecule has 2 aliphatic heterocycles. The Labute approximate surface area is 209 Å². The fourth-order valence-corrected chi connectivity index (χ4v) is 4.97. The van der Waals surface area contributed by atoms with Crippen LogP contribution in [0.25, 0.3) is 10.9 Å². The first-order valence-corrected chi connectivity index (χ1v) is 12.4. The molecule has 0 radical (unpaired) electrons. The summed E-state index contributed by atoms with van der Waals surface area (Å²) in [7, 11) is 0. The highest BCUT2D eigenvalue weighted by Crippen LogP contribution is 2.30. The highest BCUT2D eigenvalue weighted by Gasteiger charge is 2.32. The molecule has 1 aromatic heterocycles. The molecule has 4 rings (SSSR count). The van der Waals surface area contributed by atoms with Crippen LogP contribution < -0.4 is 21.3 Å². The van der Waals surface area contributed by atoms with E-state index in [-0.39, 0.29) is 11.9 Å². The van der Waals surface area contributed by atoms with Crippen LogP contribution in [0.4, 0.5) is 16.3 Å². The summed E-state index contributed by atoms with van der Waals surface area (Å²) in [6, 6.07) is 6.65. The van der Waals surface area contributed by atoms with Gasteiger partial charge in [0.05, 0.1) is 5.52 Å². The van der Waals surface area contributed by atoms with Gasteiger partial charge in [-0.2, -0.15) is 0 Å². The smallest absolute Gasteiger partial charge is 0.318 e. The largest absolute Gasteiger partial charge is 0.384 e. The Hall–Kier alpha value is -2.85. The lowest BCUT2D eigenvalue weighted by Crippen LogP contribution is -2.57. The van der Waals surface area contributed by atoms with E-state index in [1.165, 1.54) is 0 Å². The molecule has 2 fully saturated rings. The van der Waals surface area contributed by atoms with E-state index >= 15 is 0 Å². The summed E-state index contributed by atoms with van der Waals surface area (Å²) in [4.78, 5) is 36.0. The maximum Gasteiger partial charge on any atom is 0.318 e. The lowest BCUT2D eigenvalue weighted by atomic mass is 10.1. The van der Waals surface area contributed by atoms with Gasteiger partial charge in [-0.05, 0) is 56.6 Å². The molecule has 3 amide bonds. The molecule has 2 aromatic rings. The minimum Gasteiger partial charge on any atom is -0.384 e. The summed E-state index contributed by atoms with van der Waals surface area (Å²) in [5, 5.41) is 7.99. The van der Waals surface area contributed by atoms with Gasteiger partial charge in [0.15, 0.2) is 5.11 Å². The summed E-state index contributed by atoms with van der Waals surface area (Å²) in [6.07, 6.45) is 2.33. The number of nitrogens with one attached hydrogen (secondary N) is 2. The van der Waals surface area contributed by atoms with Crippen LogP contribution in [0.2, 0.25) is 5.02 Å². The first-order valence-electron chi connectivity index (χ1n) is 11.6. The molecule has 4 N–H and O–H groups in total. The Morgan fingerprint density at radius 3 is 2.71 bits per heavy atom. The first-order chi connectivity index (χ1) is 16.4. The number of pyridine rings is 1. The second kappa shape index (κ2) is 10.6. The molecule has 0 unspecified atom stereocenters. The number of halogens is 1. The van der Waals surface area contributed by atoms with E-state index < -0.39 is 6.04 Å². The average molecular weight is 504 g/mol. The second-order valence-corrected chi connectivity index (χ2v) is 9.35. The van der Waals surface area contributed by atoms with Crippen molar-refractivity contribution in [3.63, 3.8) is 0 Å². The third-order valence-corrected chi connectivity index (χ3v) is 6.84. The van der Waals surface area contributed by atoms with Crippen LogP contribution in [-0.2, 0) is 4.79 Å². The first kappa shape index (κ1) is 24.3. The molecule has 182 valence electrons. The zero-order valence-electron chi connectivity index (χ0n) is 19.2. The highest BCUT2D eigenvalue weighted by atomic mass is 35.5. The van der Waals surface area contributed by atoms with Gasteiger partial charge in [0.25, 0.3) is 5.91 Å². The number of benzene rings is 1. The van der Waals surface area contributed by atoms with Crippen LogP contribution in [0.1, 0.15) is 26.2 Å². The van der Waals surface area contributed by atoms with Gasteiger partial charge in [-0.3, -0.25) is 9.69 Å². The van der Waals surface area contributed by atoms with Crippen LogP contribution in [0.5, 0.6) is 0 Å². The fourth-order valence-electron chi connectivity index (χ4n) is 4.48. The van der Waals surface area contributed by atoms with E-state index in [1.54, 1.807) is 15.9 Å². The molecule has 2 aliphatic rings. The number of thiocarbonyl (C=S) groups is 1. The number of hydrogen-bond acceptors (Lipinski definition) is 6. The minimum atomic E-state index is -0.571. The third-order valence-electron chi connectivity index (χ3n) is 6.24. The van der Waals surface area contributed by atoms with Crippen molar-refractivity contribution in [1.82, 2.24) is 25.4 Å². The number of carbonyl (C=O) groups is 2. The van der Waals surface area contributed by atoms with E-state index in [0.717, 1.165) is 29.4 Å². The number of nitrogen functional groups attached to an aromatic ring is 1. The molecule has 34 heavy (non-hydrogen) atoms. The van der Waals surface area contributed by atoms with Gasteiger partial charge >= 0.3 is 6.03 Å². The highest BCUT2D eigenvalue weighted by molar-refractivity contribution is 7.80. The third kappa shape index (κ3) is 5.28. The Balaban J connectivity index is 1.40. The van der Waals surface area contributed by atoms with Crippen LogP contribution in [0, 0.1) is 0 Å². The molecule has 2 saturated heterocycles. The zero-order valence-corrected chi connectivity index (χ0v) is 20.8. The van der Waals surface area contributed by atoms with Gasteiger partial charge in [-0.15, -0.1) is 0 Å². The SMILES string of the molecule is CCNC(=S)N1CCCC[C@H](NC(=O)N2CCN(c3cc(N)nc4cc(Cl)ccc34)CC2)C1=O. The molecule has 9 nitrogen and oxygen atoms in total. The maximum absolute atomic E-state index is 13.0. The summed E-state index contributed by atoms with van der Waals surface area (Å²) < 4.78 is 0. The molecule has 1 aromatic carbocycles. The predicted octanol–water partition coefficient (Wildman–Crippen LogP) is 2.58. The Morgan fingerprint density at radius 2 is 1.97 bits per heavy atom. The minimum absolute atomic E-state index is 0.146. The number of piperazine rings is 1. The topological polar surface area (TPSA) is 107 Å². The summed E-state index contributed by atoms with van der Waals surface area (Å²) in [5.74, 6) is 0.282. The molecule has 1 atom stereocenters. The van der Waals surface area contributed by atoms with Crippen molar-refractivity contribution >= 4 is 63.3 Å². The number of fused-ring (bicyclic) bond motifs is 1. The number of anilines is 2. The van der Waals surface area contributed by atoms with E-state index in [9.17, 15) is 9.59 Å². The molecular formula is C23H30ClN7O2S. The molecule has 11 heteroatoms. The number of rotatable bonds is 3. The number of carbonyl (C=O) groups excluding carboxylic acids is 2. The van der Waals surface area contributed by atoms with E-state index in [4.69, 9.17) is 29.6 Å². The lowest BCUT2D eigenvalue weighted by Gasteiger charge is -2.37. The van der Waals surface area contributed by atoms with Crippen molar-refractivity contribution in [2.75, 3.05) is 49.9 Å². The van der Waals surface area contributed by atoms with Crippen LogP contribution in [-0.4, -0.2) is 77.1 Å². The predicted molar refractivity (Wildman–Crippen MR) is 139 cm³/mol. The van der Waals surface area contributed by atoms with Gasteiger partial charge < -0.3 is 26.2 Å². The molecule has 3 heterocycles. The van der Waals surface area contributed by atoms with Gasteiger partial charge in [0, 0.05) is 61.4 Å². The van der Waals surface area contributed by atoms with Gasteiger partial charge in [0.1, 0.15) is 11.9 Å².